The number of nitrogens with one attached hydrogen (secondary N) is 1. The van der Waals surface area contributed by atoms with E-state index < -0.39 is 49.1 Å². The number of rotatable bonds is 8. The van der Waals surface area contributed by atoms with Crippen LogP contribution in [0, 0.1) is 0 Å². The Hall–Kier alpha value is -1.61. The fourth-order valence-electron chi connectivity index (χ4n) is 2.78. The van der Waals surface area contributed by atoms with E-state index in [4.69, 9.17) is 39.8 Å². The summed E-state index contributed by atoms with van der Waals surface area (Å²) in [5.41, 5.74) is 0. The molecule has 2 fully saturated rings. The van der Waals surface area contributed by atoms with E-state index in [2.05, 4.69) is 10.2 Å². The van der Waals surface area contributed by atoms with Gasteiger partial charge in [-0.3, -0.25) is 19.2 Å². The molecule has 1 amide bonds. The van der Waals surface area contributed by atoms with Crippen molar-refractivity contribution < 1.29 is 47.2 Å². The van der Waals surface area contributed by atoms with Gasteiger partial charge in [-0.1, -0.05) is 11.8 Å². The first-order valence-electron chi connectivity index (χ1n) is 9.16. The Labute approximate surface area is 193 Å². The molecule has 0 spiro atoms. The number of hydrazine groups is 1. The molecule has 2 aliphatic rings. The minimum absolute atomic E-state index is 0.0446. The second-order valence-corrected chi connectivity index (χ2v) is 10.7. The molecule has 180 valence electrons. The van der Waals surface area contributed by atoms with E-state index in [9.17, 15) is 19.2 Å². The first-order chi connectivity index (χ1) is 15.0. The zero-order valence-corrected chi connectivity index (χ0v) is 20.5. The van der Waals surface area contributed by atoms with Crippen molar-refractivity contribution in [2.75, 3.05) is 26.6 Å². The maximum absolute atomic E-state index is 12.3. The zero-order chi connectivity index (χ0) is 24.1. The van der Waals surface area contributed by atoms with Crippen molar-refractivity contribution in [1.82, 2.24) is 10.2 Å². The standard InChI is InChI=1S/C16H24N3O10PS2/c1-8(20)27-11-6-26-15(14(29-10(3)22)13(11)28-9(2)21)17-16-19(12(23)7-32-16)18-30(31,24-4)25-5/h11,13-15H,6-7H2,1-5H3,(H,18,31)/b17-16-/t11-,13+,14-,15-/m1/s1. The summed E-state index contributed by atoms with van der Waals surface area (Å²) in [6.45, 7) is 0.280. The van der Waals surface area contributed by atoms with E-state index in [0.717, 1.165) is 30.6 Å². The summed E-state index contributed by atoms with van der Waals surface area (Å²) >= 11 is 6.32. The molecule has 0 aliphatic carbocycles. The molecule has 2 saturated heterocycles. The molecule has 2 aliphatic heterocycles. The SMILES string of the molecule is COP(=S)(NN1C(=O)CS/C1=N\[C@@H]1OC[C@@H](OC(C)=O)[C@H](OC(C)=O)[C@H]1OC(C)=O)OC. The van der Waals surface area contributed by atoms with Crippen LogP contribution in [0.3, 0.4) is 0 Å². The van der Waals surface area contributed by atoms with Gasteiger partial charge in [-0.2, -0.15) is 0 Å². The van der Waals surface area contributed by atoms with Gasteiger partial charge in [-0.05, 0) is 11.8 Å². The summed E-state index contributed by atoms with van der Waals surface area (Å²) < 4.78 is 31.7. The average molecular weight is 513 g/mol. The Morgan fingerprint density at radius 2 is 1.66 bits per heavy atom. The molecule has 0 aromatic rings. The van der Waals surface area contributed by atoms with Crippen LogP contribution in [0.15, 0.2) is 4.99 Å². The topological polar surface area (TPSA) is 151 Å². The lowest BCUT2D eigenvalue weighted by atomic mass is 10.0. The molecular formula is C16H24N3O10PS2. The van der Waals surface area contributed by atoms with Crippen molar-refractivity contribution in [3.8, 4) is 0 Å². The molecule has 0 bridgehead atoms. The summed E-state index contributed by atoms with van der Waals surface area (Å²) in [5.74, 6) is -2.36. The number of thioether (sulfide) groups is 1. The quantitative estimate of drug-likeness (QED) is 0.265. The fourth-order valence-corrected chi connectivity index (χ4v) is 4.69. The monoisotopic (exact) mass is 513 g/mol. The summed E-state index contributed by atoms with van der Waals surface area (Å²) in [4.78, 5) is 51.6. The lowest BCUT2D eigenvalue weighted by molar-refractivity contribution is -0.224. The Balaban J connectivity index is 2.37. The Bertz CT molecular complexity index is 833. The third-order valence-corrected chi connectivity index (χ3v) is 7.51. The minimum Gasteiger partial charge on any atom is -0.456 e. The van der Waals surface area contributed by atoms with E-state index in [1.807, 2.05) is 0 Å². The normalized spacial score (nSPS) is 27.3. The molecule has 0 aromatic carbocycles. The van der Waals surface area contributed by atoms with E-state index in [1.165, 1.54) is 21.1 Å². The molecule has 0 unspecified atom stereocenters. The summed E-state index contributed by atoms with van der Waals surface area (Å²) in [5, 5.41) is 3.93. The van der Waals surface area contributed by atoms with Crippen LogP contribution >= 0.6 is 18.4 Å². The maximum atomic E-state index is 12.3. The smallest absolute Gasteiger partial charge is 0.303 e. The van der Waals surface area contributed by atoms with E-state index >= 15 is 0 Å². The fraction of sp³-hybridized carbons (Fsp3) is 0.688. The summed E-state index contributed by atoms with van der Waals surface area (Å²) in [6.07, 6.45) is -4.66. The lowest BCUT2D eigenvalue weighted by Crippen LogP contribution is -2.57. The van der Waals surface area contributed by atoms with Crippen LogP contribution < -0.4 is 5.20 Å². The van der Waals surface area contributed by atoms with Gasteiger partial charge < -0.3 is 28.0 Å². The zero-order valence-electron chi connectivity index (χ0n) is 18.0. The van der Waals surface area contributed by atoms with Crippen molar-refractivity contribution in [2.45, 2.75) is 45.3 Å². The van der Waals surface area contributed by atoms with Crippen LogP contribution in [0.2, 0.25) is 0 Å². The highest BCUT2D eigenvalue weighted by atomic mass is 32.5. The molecule has 13 nitrogen and oxygen atoms in total. The Morgan fingerprint density at radius 1 is 1.09 bits per heavy atom. The number of nitrogens with zero attached hydrogens (tertiary/aromatic N) is 2. The molecule has 0 aromatic heterocycles. The number of amides is 1. The number of hydrogen-bond donors (Lipinski definition) is 1. The highest BCUT2D eigenvalue weighted by molar-refractivity contribution is 8.15. The number of ether oxygens (including phenoxy) is 4. The third-order valence-electron chi connectivity index (χ3n) is 4.03. The molecule has 0 radical (unpaired) electrons. The van der Waals surface area contributed by atoms with E-state index in [1.54, 1.807) is 0 Å². The second-order valence-electron chi connectivity index (χ2n) is 6.41. The van der Waals surface area contributed by atoms with Crippen LogP contribution in [0.4, 0.5) is 0 Å². The van der Waals surface area contributed by atoms with Gasteiger partial charge in [-0.25, -0.2) is 10.0 Å². The number of carbonyl (C=O) groups is 4. The van der Waals surface area contributed by atoms with Gasteiger partial charge >= 0.3 is 17.9 Å². The minimum atomic E-state index is -3.01. The van der Waals surface area contributed by atoms with Gasteiger partial charge in [-0.15, -0.1) is 5.20 Å². The van der Waals surface area contributed by atoms with Gasteiger partial charge in [0, 0.05) is 35.0 Å². The van der Waals surface area contributed by atoms with Crippen LogP contribution in [0.1, 0.15) is 20.8 Å². The highest BCUT2D eigenvalue weighted by Gasteiger charge is 2.48. The molecule has 32 heavy (non-hydrogen) atoms. The molecule has 2 rings (SSSR count). The second kappa shape index (κ2) is 11.5. The van der Waals surface area contributed by atoms with E-state index in [0.29, 0.717) is 0 Å². The molecule has 4 atom stereocenters. The predicted molar refractivity (Wildman–Crippen MR) is 115 cm³/mol. The molecular weight excluding hydrogens is 489 g/mol. The van der Waals surface area contributed by atoms with Gasteiger partial charge in [0.25, 0.3) is 12.5 Å². The lowest BCUT2D eigenvalue weighted by Gasteiger charge is -2.39. The first kappa shape index (κ1) is 26.6. The summed E-state index contributed by atoms with van der Waals surface area (Å²) in [6, 6.07) is 0. The maximum Gasteiger partial charge on any atom is 0.303 e. The average Bonchev–Trinajstić information content (AvgIpc) is 3.04. The Kier molecular flexibility index (Phi) is 9.57. The van der Waals surface area contributed by atoms with Crippen molar-refractivity contribution >= 4 is 59.2 Å². The summed E-state index contributed by atoms with van der Waals surface area (Å²) in [7, 11) is 2.67. The van der Waals surface area contributed by atoms with Crippen LogP contribution in [0.5, 0.6) is 0 Å². The molecule has 0 saturated carbocycles. The predicted octanol–water partition coefficient (Wildman–Crippen LogP) is 0.0911. The largest absolute Gasteiger partial charge is 0.456 e. The van der Waals surface area contributed by atoms with Gasteiger partial charge in [0.05, 0.1) is 12.4 Å². The number of aliphatic imine (C=N–C) groups is 1. The van der Waals surface area contributed by atoms with Gasteiger partial charge in [0.15, 0.2) is 29.7 Å². The van der Waals surface area contributed by atoms with Crippen molar-refractivity contribution in [2.24, 2.45) is 4.99 Å². The number of carbonyl (C=O) groups excluding carboxylic acids is 4. The van der Waals surface area contributed by atoms with Crippen LogP contribution in [-0.2, 0) is 59.0 Å². The van der Waals surface area contributed by atoms with Crippen LogP contribution in [-0.4, -0.2) is 85.1 Å². The first-order valence-corrected chi connectivity index (χ1v) is 12.8. The Morgan fingerprint density at radius 3 is 2.19 bits per heavy atom. The van der Waals surface area contributed by atoms with Crippen molar-refractivity contribution in [3.63, 3.8) is 0 Å². The van der Waals surface area contributed by atoms with Crippen LogP contribution in [0.25, 0.3) is 0 Å². The van der Waals surface area contributed by atoms with Crippen molar-refractivity contribution in [3.05, 3.63) is 0 Å². The van der Waals surface area contributed by atoms with Crippen molar-refractivity contribution in [1.29, 1.82) is 0 Å². The molecule has 2 heterocycles. The number of esters is 3. The third kappa shape index (κ3) is 6.94. The molecule has 16 heteroatoms. The van der Waals surface area contributed by atoms with Gasteiger partial charge in [0.1, 0.15) is 0 Å². The highest BCUT2D eigenvalue weighted by Crippen LogP contribution is 2.43. The number of amidine groups is 1. The molecule has 1 N–H and O–H groups in total. The number of hydrogen-bond acceptors (Lipinski definition) is 13. The van der Waals surface area contributed by atoms with Gasteiger partial charge in [0.2, 0.25) is 0 Å². The van der Waals surface area contributed by atoms with E-state index in [-0.39, 0.29) is 23.4 Å².